The molecular weight excluding hydrogens is 376 g/mol. The molecule has 176 valence electrons. The summed E-state index contributed by atoms with van der Waals surface area (Å²) in [5, 5.41) is 0. The van der Waals surface area contributed by atoms with Crippen LogP contribution in [0.1, 0.15) is 132 Å². The van der Waals surface area contributed by atoms with Gasteiger partial charge in [0.05, 0.1) is 0 Å². The minimum absolute atomic E-state index is 0.358. The van der Waals surface area contributed by atoms with Gasteiger partial charge < -0.3 is 13.3 Å². The van der Waals surface area contributed by atoms with Crippen molar-refractivity contribution in [1.82, 2.24) is 0 Å². The van der Waals surface area contributed by atoms with E-state index in [0.717, 1.165) is 45.5 Å². The maximum atomic E-state index is 6.68. The third-order valence-corrected chi connectivity index (χ3v) is 9.78. The first-order chi connectivity index (χ1) is 14.0. The molecule has 0 aliphatic heterocycles. The van der Waals surface area contributed by atoms with Crippen molar-refractivity contribution in [2.24, 2.45) is 5.41 Å². The summed E-state index contributed by atoms with van der Waals surface area (Å²) in [5.74, 6) is 0. The normalized spacial score (nSPS) is 13.8. The number of rotatable bonds is 21. The van der Waals surface area contributed by atoms with Crippen LogP contribution in [0, 0.1) is 5.41 Å². The average Bonchev–Trinajstić information content (AvgIpc) is 2.75. The van der Waals surface area contributed by atoms with Gasteiger partial charge >= 0.3 is 8.80 Å². The van der Waals surface area contributed by atoms with Crippen LogP contribution < -0.4 is 0 Å². The van der Waals surface area contributed by atoms with Crippen molar-refractivity contribution in [1.29, 1.82) is 0 Å². The van der Waals surface area contributed by atoms with Crippen LogP contribution in [0.2, 0.25) is 5.54 Å². The number of hydrogen-bond donors (Lipinski definition) is 0. The van der Waals surface area contributed by atoms with Gasteiger partial charge in [0.15, 0.2) is 0 Å². The summed E-state index contributed by atoms with van der Waals surface area (Å²) >= 11 is 0. The van der Waals surface area contributed by atoms with Crippen molar-refractivity contribution in [3.05, 3.63) is 0 Å². The van der Waals surface area contributed by atoms with Crippen molar-refractivity contribution in [2.45, 2.75) is 137 Å². The van der Waals surface area contributed by atoms with Crippen molar-refractivity contribution in [3.8, 4) is 0 Å². The highest BCUT2D eigenvalue weighted by atomic mass is 28.4. The largest absolute Gasteiger partial charge is 0.503 e. The Hall–Kier alpha value is 0.0969. The van der Waals surface area contributed by atoms with E-state index < -0.39 is 8.80 Å². The SMILES string of the molecule is CCCCC(CCCC)(CCCC)CCO[Si](OCCC)(OCCC)C(C)CC. The topological polar surface area (TPSA) is 27.7 Å². The molecule has 0 saturated heterocycles. The Morgan fingerprint density at radius 3 is 1.34 bits per heavy atom. The van der Waals surface area contributed by atoms with E-state index in [2.05, 4.69) is 48.5 Å². The summed E-state index contributed by atoms with van der Waals surface area (Å²) in [4.78, 5) is 0. The second kappa shape index (κ2) is 17.7. The summed E-state index contributed by atoms with van der Waals surface area (Å²) in [5.41, 5.74) is 0.796. The first kappa shape index (κ1) is 29.1. The lowest BCUT2D eigenvalue weighted by molar-refractivity contribution is 0.0351. The average molecular weight is 431 g/mol. The molecule has 0 aliphatic carbocycles. The maximum absolute atomic E-state index is 6.68. The van der Waals surface area contributed by atoms with E-state index >= 15 is 0 Å². The van der Waals surface area contributed by atoms with Crippen LogP contribution in [-0.2, 0) is 13.3 Å². The maximum Gasteiger partial charge on any atom is 0.503 e. The molecule has 0 fully saturated rings. The van der Waals surface area contributed by atoms with Crippen LogP contribution in [0.3, 0.4) is 0 Å². The molecule has 29 heavy (non-hydrogen) atoms. The highest BCUT2D eigenvalue weighted by molar-refractivity contribution is 6.62. The van der Waals surface area contributed by atoms with E-state index in [0.29, 0.717) is 11.0 Å². The van der Waals surface area contributed by atoms with Gasteiger partial charge in [-0.15, -0.1) is 0 Å². The summed E-state index contributed by atoms with van der Waals surface area (Å²) in [7, 11) is -2.63. The standard InChI is InChI=1S/C25H54O3Si/c1-8-14-17-25(18-15-9-2,19-16-10-3)20-23-28-29(24(7)13-6,26-21-11-4)27-22-12-5/h24H,8-23H2,1-7H3. The molecule has 4 heteroatoms. The van der Waals surface area contributed by atoms with Crippen molar-refractivity contribution < 1.29 is 13.3 Å². The van der Waals surface area contributed by atoms with Crippen LogP contribution in [-0.4, -0.2) is 28.6 Å². The molecule has 3 nitrogen and oxygen atoms in total. The number of hydrogen-bond acceptors (Lipinski definition) is 3. The minimum Gasteiger partial charge on any atom is -0.373 e. The van der Waals surface area contributed by atoms with E-state index in [1.165, 1.54) is 57.8 Å². The third kappa shape index (κ3) is 11.3. The molecule has 0 radical (unpaired) electrons. The molecule has 0 rings (SSSR count). The molecule has 0 aliphatic rings. The third-order valence-electron chi connectivity index (χ3n) is 6.35. The van der Waals surface area contributed by atoms with Gasteiger partial charge in [-0.2, -0.15) is 0 Å². The van der Waals surface area contributed by atoms with Gasteiger partial charge in [-0.3, -0.25) is 0 Å². The Bertz CT molecular complexity index is 332. The molecule has 0 N–H and O–H groups in total. The lowest BCUT2D eigenvalue weighted by Crippen LogP contribution is -2.50. The molecule has 0 aromatic carbocycles. The van der Waals surface area contributed by atoms with Crippen molar-refractivity contribution in [2.75, 3.05) is 19.8 Å². The second-order valence-corrected chi connectivity index (χ2v) is 12.1. The van der Waals surface area contributed by atoms with Crippen LogP contribution in [0.4, 0.5) is 0 Å². The molecule has 0 aromatic rings. The highest BCUT2D eigenvalue weighted by Gasteiger charge is 2.46. The lowest BCUT2D eigenvalue weighted by atomic mass is 9.72. The molecule has 0 amide bonds. The van der Waals surface area contributed by atoms with Gasteiger partial charge in [0.2, 0.25) is 0 Å². The lowest BCUT2D eigenvalue weighted by Gasteiger charge is -2.38. The quantitative estimate of drug-likeness (QED) is 0.171. The van der Waals surface area contributed by atoms with Gasteiger partial charge in [-0.1, -0.05) is 87.0 Å². The first-order valence-electron chi connectivity index (χ1n) is 12.9. The first-order valence-corrected chi connectivity index (χ1v) is 14.7. The van der Waals surface area contributed by atoms with Gasteiger partial charge in [0.1, 0.15) is 0 Å². The van der Waals surface area contributed by atoms with Crippen LogP contribution in [0.15, 0.2) is 0 Å². The van der Waals surface area contributed by atoms with E-state index in [-0.39, 0.29) is 0 Å². The van der Waals surface area contributed by atoms with E-state index in [4.69, 9.17) is 13.3 Å². The van der Waals surface area contributed by atoms with E-state index in [9.17, 15) is 0 Å². The van der Waals surface area contributed by atoms with Crippen LogP contribution >= 0.6 is 0 Å². The van der Waals surface area contributed by atoms with Gasteiger partial charge in [-0.25, -0.2) is 0 Å². The molecule has 0 saturated carbocycles. The molecule has 1 unspecified atom stereocenters. The number of unbranched alkanes of at least 4 members (excludes halogenated alkanes) is 3. The predicted octanol–water partition coefficient (Wildman–Crippen LogP) is 8.54. The predicted molar refractivity (Wildman–Crippen MR) is 130 cm³/mol. The van der Waals surface area contributed by atoms with Gasteiger partial charge in [-0.05, 0) is 50.4 Å². The smallest absolute Gasteiger partial charge is 0.373 e. The van der Waals surface area contributed by atoms with Crippen LogP contribution in [0.5, 0.6) is 0 Å². The zero-order valence-corrected chi connectivity index (χ0v) is 22.1. The summed E-state index contributed by atoms with van der Waals surface area (Å²) < 4.78 is 19.4. The van der Waals surface area contributed by atoms with Gasteiger partial charge in [0, 0.05) is 25.4 Å². The Balaban J connectivity index is 5.32. The van der Waals surface area contributed by atoms with Crippen LogP contribution in [0.25, 0.3) is 0 Å². The Morgan fingerprint density at radius 2 is 1.00 bits per heavy atom. The zero-order valence-electron chi connectivity index (χ0n) is 21.1. The van der Waals surface area contributed by atoms with E-state index in [1.54, 1.807) is 0 Å². The Labute approximate surface area is 185 Å². The fourth-order valence-electron chi connectivity index (χ4n) is 4.11. The molecule has 1 atom stereocenters. The molecule has 0 bridgehead atoms. The minimum atomic E-state index is -2.63. The zero-order chi connectivity index (χ0) is 22.0. The second-order valence-electron chi connectivity index (χ2n) is 9.02. The Kier molecular flexibility index (Phi) is 17.8. The Morgan fingerprint density at radius 1 is 0.586 bits per heavy atom. The molecule has 0 spiro atoms. The summed E-state index contributed by atoms with van der Waals surface area (Å²) in [6.45, 7) is 18.1. The monoisotopic (exact) mass is 430 g/mol. The summed E-state index contributed by atoms with van der Waals surface area (Å²) in [6.07, 6.45) is 16.1. The van der Waals surface area contributed by atoms with Gasteiger partial charge in [0.25, 0.3) is 0 Å². The highest BCUT2D eigenvalue weighted by Crippen LogP contribution is 2.41. The van der Waals surface area contributed by atoms with Crippen molar-refractivity contribution >= 4 is 8.80 Å². The molecule has 0 heterocycles. The summed E-state index contributed by atoms with van der Waals surface area (Å²) in [6, 6.07) is 0. The fraction of sp³-hybridized carbons (Fsp3) is 1.00. The van der Waals surface area contributed by atoms with E-state index in [1.807, 2.05) is 0 Å². The molecule has 0 aromatic heterocycles. The molecular formula is C25H54O3Si. The fourth-order valence-corrected chi connectivity index (χ4v) is 7.07. The van der Waals surface area contributed by atoms with Crippen molar-refractivity contribution in [3.63, 3.8) is 0 Å².